The highest BCUT2D eigenvalue weighted by atomic mass is 127. The number of nitrogens with one attached hydrogen (secondary N) is 1. The van der Waals surface area contributed by atoms with Gasteiger partial charge in [0.05, 0.1) is 17.6 Å². The first kappa shape index (κ1) is 12.1. The molecule has 0 radical (unpaired) electrons. The van der Waals surface area contributed by atoms with E-state index in [1.807, 2.05) is 23.0 Å². The molecule has 94 valence electrons. The van der Waals surface area contributed by atoms with E-state index < -0.39 is 0 Å². The lowest BCUT2D eigenvalue weighted by molar-refractivity contribution is 0.628. The lowest BCUT2D eigenvalue weighted by atomic mass is 10.3. The Morgan fingerprint density at radius 3 is 3.06 bits per heavy atom. The standard InChI is InChI=1S/C13H15IN4/c14-11-2-1-3-13(6-11)18-9-12(16-17-18)8-15-7-10-4-5-10/h1-3,6,9-10,15H,4-5,7-8H2. The summed E-state index contributed by atoms with van der Waals surface area (Å²) in [6.45, 7) is 1.91. The Kier molecular flexibility index (Phi) is 3.60. The molecule has 5 heteroatoms. The maximum absolute atomic E-state index is 4.19. The Bertz CT molecular complexity index is 533. The van der Waals surface area contributed by atoms with Gasteiger partial charge in [-0.1, -0.05) is 11.3 Å². The van der Waals surface area contributed by atoms with Crippen LogP contribution in [0.25, 0.3) is 5.69 Å². The quantitative estimate of drug-likeness (QED) is 0.839. The summed E-state index contributed by atoms with van der Waals surface area (Å²) in [4.78, 5) is 0. The van der Waals surface area contributed by atoms with E-state index in [4.69, 9.17) is 0 Å². The van der Waals surface area contributed by atoms with Gasteiger partial charge >= 0.3 is 0 Å². The molecule has 1 aliphatic carbocycles. The molecule has 1 heterocycles. The minimum Gasteiger partial charge on any atom is -0.311 e. The van der Waals surface area contributed by atoms with Gasteiger partial charge in [0.1, 0.15) is 0 Å². The van der Waals surface area contributed by atoms with Crippen molar-refractivity contribution in [2.24, 2.45) is 5.92 Å². The molecule has 0 spiro atoms. The third kappa shape index (κ3) is 3.08. The van der Waals surface area contributed by atoms with Crippen molar-refractivity contribution in [3.63, 3.8) is 0 Å². The van der Waals surface area contributed by atoms with Gasteiger partial charge in [0.25, 0.3) is 0 Å². The van der Waals surface area contributed by atoms with E-state index in [1.165, 1.54) is 16.4 Å². The second kappa shape index (κ2) is 5.36. The highest BCUT2D eigenvalue weighted by Crippen LogP contribution is 2.27. The summed E-state index contributed by atoms with van der Waals surface area (Å²) < 4.78 is 3.03. The van der Waals surface area contributed by atoms with Gasteiger partial charge in [0.2, 0.25) is 0 Å². The first-order valence-corrected chi connectivity index (χ1v) is 7.27. The summed E-state index contributed by atoms with van der Waals surface area (Å²) >= 11 is 2.30. The lowest BCUT2D eigenvalue weighted by Gasteiger charge is -2.00. The van der Waals surface area contributed by atoms with Crippen molar-refractivity contribution < 1.29 is 0 Å². The van der Waals surface area contributed by atoms with E-state index in [0.29, 0.717) is 0 Å². The molecule has 1 aromatic heterocycles. The van der Waals surface area contributed by atoms with E-state index in [9.17, 15) is 0 Å². The average Bonchev–Trinajstić information content (AvgIpc) is 3.06. The average molecular weight is 354 g/mol. The predicted molar refractivity (Wildman–Crippen MR) is 78.5 cm³/mol. The van der Waals surface area contributed by atoms with Crippen LogP contribution in [0.2, 0.25) is 0 Å². The molecule has 1 aliphatic rings. The van der Waals surface area contributed by atoms with Crippen LogP contribution >= 0.6 is 22.6 Å². The van der Waals surface area contributed by atoms with Gasteiger partial charge in [-0.15, -0.1) is 5.10 Å². The fraction of sp³-hybridized carbons (Fsp3) is 0.385. The normalized spacial score (nSPS) is 14.9. The van der Waals surface area contributed by atoms with Crippen LogP contribution in [0.15, 0.2) is 30.5 Å². The van der Waals surface area contributed by atoms with Crippen LogP contribution in [0.4, 0.5) is 0 Å². The van der Waals surface area contributed by atoms with E-state index in [-0.39, 0.29) is 0 Å². The van der Waals surface area contributed by atoms with Crippen LogP contribution in [0.3, 0.4) is 0 Å². The number of nitrogens with zero attached hydrogens (tertiary/aromatic N) is 3. The molecule has 0 aliphatic heterocycles. The molecule has 1 fully saturated rings. The highest BCUT2D eigenvalue weighted by molar-refractivity contribution is 14.1. The third-order valence-corrected chi connectivity index (χ3v) is 3.72. The van der Waals surface area contributed by atoms with Crippen LogP contribution in [-0.4, -0.2) is 21.5 Å². The van der Waals surface area contributed by atoms with Crippen molar-refractivity contribution in [2.45, 2.75) is 19.4 Å². The minimum absolute atomic E-state index is 0.806. The van der Waals surface area contributed by atoms with E-state index in [1.54, 1.807) is 0 Å². The van der Waals surface area contributed by atoms with Crippen molar-refractivity contribution in [3.8, 4) is 5.69 Å². The number of benzene rings is 1. The van der Waals surface area contributed by atoms with E-state index >= 15 is 0 Å². The van der Waals surface area contributed by atoms with Crippen LogP contribution in [0.1, 0.15) is 18.5 Å². The molecular weight excluding hydrogens is 339 g/mol. The van der Waals surface area contributed by atoms with Gasteiger partial charge < -0.3 is 5.32 Å². The maximum Gasteiger partial charge on any atom is 0.0969 e. The van der Waals surface area contributed by atoms with Gasteiger partial charge in [0, 0.05) is 10.1 Å². The Balaban J connectivity index is 1.64. The number of rotatable bonds is 5. The van der Waals surface area contributed by atoms with Gasteiger partial charge in [0.15, 0.2) is 0 Å². The number of hydrogen-bond acceptors (Lipinski definition) is 3. The topological polar surface area (TPSA) is 42.7 Å². The molecule has 0 saturated heterocycles. The van der Waals surface area contributed by atoms with Crippen molar-refractivity contribution in [3.05, 3.63) is 39.7 Å². The Morgan fingerprint density at radius 1 is 1.39 bits per heavy atom. The SMILES string of the molecule is Ic1cccc(-n2cc(CNCC3CC3)nn2)c1. The Morgan fingerprint density at radius 2 is 2.28 bits per heavy atom. The summed E-state index contributed by atoms with van der Waals surface area (Å²) in [6.07, 6.45) is 4.75. The third-order valence-electron chi connectivity index (χ3n) is 3.05. The van der Waals surface area contributed by atoms with Gasteiger partial charge in [-0.05, 0) is 66.1 Å². The Labute approximate surface area is 120 Å². The van der Waals surface area contributed by atoms with Crippen LogP contribution in [0.5, 0.6) is 0 Å². The van der Waals surface area contributed by atoms with Gasteiger partial charge in [-0.2, -0.15) is 0 Å². The summed E-state index contributed by atoms with van der Waals surface area (Å²) in [5.41, 5.74) is 2.05. The van der Waals surface area contributed by atoms with Crippen molar-refractivity contribution in [2.75, 3.05) is 6.54 Å². The summed E-state index contributed by atoms with van der Waals surface area (Å²) in [6, 6.07) is 8.23. The molecule has 0 atom stereocenters. The van der Waals surface area contributed by atoms with E-state index in [0.717, 1.165) is 30.4 Å². The highest BCUT2D eigenvalue weighted by Gasteiger charge is 2.20. The monoisotopic (exact) mass is 354 g/mol. The number of aromatic nitrogens is 3. The smallest absolute Gasteiger partial charge is 0.0969 e. The molecule has 0 bridgehead atoms. The zero-order chi connectivity index (χ0) is 12.4. The van der Waals surface area contributed by atoms with Crippen LogP contribution in [0, 0.1) is 9.49 Å². The summed E-state index contributed by atoms with van der Waals surface area (Å²) in [5.74, 6) is 0.899. The largest absolute Gasteiger partial charge is 0.311 e. The molecule has 0 amide bonds. The molecule has 1 N–H and O–H groups in total. The summed E-state index contributed by atoms with van der Waals surface area (Å²) in [7, 11) is 0. The van der Waals surface area contributed by atoms with E-state index in [2.05, 4.69) is 50.4 Å². The fourth-order valence-electron chi connectivity index (χ4n) is 1.85. The summed E-state index contributed by atoms with van der Waals surface area (Å²) in [5, 5.41) is 11.8. The first-order valence-electron chi connectivity index (χ1n) is 6.19. The zero-order valence-electron chi connectivity index (χ0n) is 10.0. The molecule has 3 rings (SSSR count). The zero-order valence-corrected chi connectivity index (χ0v) is 12.2. The maximum atomic E-state index is 4.19. The van der Waals surface area contributed by atoms with Crippen molar-refractivity contribution in [1.29, 1.82) is 0 Å². The van der Waals surface area contributed by atoms with Crippen molar-refractivity contribution in [1.82, 2.24) is 20.3 Å². The second-order valence-corrected chi connectivity index (χ2v) is 5.95. The molecule has 0 unspecified atom stereocenters. The molecule has 1 aromatic carbocycles. The number of halogens is 1. The van der Waals surface area contributed by atoms with Gasteiger partial charge in [-0.25, -0.2) is 4.68 Å². The lowest BCUT2D eigenvalue weighted by Crippen LogP contribution is -2.16. The fourth-order valence-corrected chi connectivity index (χ4v) is 2.38. The molecule has 4 nitrogen and oxygen atoms in total. The molecule has 2 aromatic rings. The molecular formula is C13H15IN4. The number of hydrogen-bond donors (Lipinski definition) is 1. The predicted octanol–water partition coefficient (Wildman–Crippen LogP) is 2.37. The van der Waals surface area contributed by atoms with Crippen molar-refractivity contribution >= 4 is 22.6 Å². The second-order valence-electron chi connectivity index (χ2n) is 4.71. The Hall–Kier alpha value is -0.950. The molecule has 1 saturated carbocycles. The van der Waals surface area contributed by atoms with Gasteiger partial charge in [-0.3, -0.25) is 0 Å². The first-order chi connectivity index (χ1) is 8.81. The minimum atomic E-state index is 0.806. The van der Waals surface area contributed by atoms with Crippen LogP contribution < -0.4 is 5.32 Å². The van der Waals surface area contributed by atoms with Crippen LogP contribution in [-0.2, 0) is 6.54 Å². The molecule has 18 heavy (non-hydrogen) atoms.